The number of sulfonamides is 1. The molecule has 0 aliphatic heterocycles. The highest BCUT2D eigenvalue weighted by molar-refractivity contribution is 7.89. The fraction of sp³-hybridized carbons (Fsp3) is 0.143. The van der Waals surface area contributed by atoms with Gasteiger partial charge in [-0.05, 0) is 68.3 Å². The summed E-state index contributed by atoms with van der Waals surface area (Å²) in [5, 5.41) is 8.60. The maximum Gasteiger partial charge on any atom is 0.276 e. The van der Waals surface area contributed by atoms with Crippen LogP contribution in [0, 0.1) is 19.7 Å². The number of nitrogens with one attached hydrogen (secondary N) is 2. The summed E-state index contributed by atoms with van der Waals surface area (Å²) in [4.78, 5) is 15.6. The Balaban J connectivity index is 1.75. The Morgan fingerprint density at radius 2 is 1.80 bits per heavy atom. The summed E-state index contributed by atoms with van der Waals surface area (Å²) in [6.45, 7) is 5.51. The van der Waals surface area contributed by atoms with Crippen LogP contribution in [0.15, 0.2) is 63.9 Å². The van der Waals surface area contributed by atoms with Crippen LogP contribution in [0.5, 0.6) is 0 Å². The predicted molar refractivity (Wildman–Crippen MR) is 117 cm³/mol. The third-order valence-corrected chi connectivity index (χ3v) is 6.76. The molecule has 1 amide bonds. The van der Waals surface area contributed by atoms with Crippen LogP contribution < -0.4 is 10.1 Å². The van der Waals surface area contributed by atoms with Crippen molar-refractivity contribution in [3.05, 3.63) is 81.3 Å². The first-order valence-corrected chi connectivity index (χ1v) is 11.3. The van der Waals surface area contributed by atoms with Crippen molar-refractivity contribution in [3.8, 4) is 0 Å². The van der Waals surface area contributed by atoms with Crippen LogP contribution >= 0.6 is 11.3 Å². The Hall–Kier alpha value is -3.04. The average molecular weight is 446 g/mol. The molecule has 0 unspecified atom stereocenters. The number of hydrazone groups is 1. The number of carbonyl (C=O) groups is 1. The molecule has 0 spiro atoms. The SMILES string of the molecule is CC(=NNS(=O)(=O)c1ccc(F)cc1)c1cccc(NC(=O)c2csc(C)c2C)c1. The number of rotatable bonds is 6. The molecule has 2 N–H and O–H groups in total. The number of aryl methyl sites for hydroxylation is 1. The van der Waals surface area contributed by atoms with Crippen LogP contribution in [0.1, 0.15) is 33.3 Å². The molecule has 3 aromatic rings. The largest absolute Gasteiger partial charge is 0.322 e. The van der Waals surface area contributed by atoms with Gasteiger partial charge in [0.25, 0.3) is 15.9 Å². The number of carbonyl (C=O) groups excluding carboxylic acids is 1. The number of nitrogens with zero attached hydrogens (tertiary/aromatic N) is 1. The van der Waals surface area contributed by atoms with Crippen molar-refractivity contribution >= 4 is 38.7 Å². The van der Waals surface area contributed by atoms with Gasteiger partial charge in [0.2, 0.25) is 0 Å². The molecule has 2 aromatic carbocycles. The molecule has 0 fully saturated rings. The van der Waals surface area contributed by atoms with Gasteiger partial charge < -0.3 is 5.32 Å². The summed E-state index contributed by atoms with van der Waals surface area (Å²) in [6.07, 6.45) is 0. The smallest absolute Gasteiger partial charge is 0.276 e. The van der Waals surface area contributed by atoms with Gasteiger partial charge in [-0.1, -0.05) is 12.1 Å². The number of anilines is 1. The van der Waals surface area contributed by atoms with Crippen LogP contribution in [0.25, 0.3) is 0 Å². The van der Waals surface area contributed by atoms with Gasteiger partial charge in [-0.25, -0.2) is 4.39 Å². The van der Waals surface area contributed by atoms with E-state index < -0.39 is 15.8 Å². The molecule has 3 rings (SSSR count). The van der Waals surface area contributed by atoms with Crippen LogP contribution in [0.2, 0.25) is 0 Å². The lowest BCUT2D eigenvalue weighted by Crippen LogP contribution is -2.20. The Morgan fingerprint density at radius 1 is 1.10 bits per heavy atom. The first-order chi connectivity index (χ1) is 14.2. The zero-order valence-corrected chi connectivity index (χ0v) is 18.2. The maximum atomic E-state index is 13.0. The number of benzene rings is 2. The number of halogens is 1. The summed E-state index contributed by atoms with van der Waals surface area (Å²) >= 11 is 1.52. The zero-order chi connectivity index (χ0) is 21.9. The van der Waals surface area contributed by atoms with Crippen LogP contribution in [0.4, 0.5) is 10.1 Å². The molecule has 0 atom stereocenters. The molecule has 0 bridgehead atoms. The van der Waals surface area contributed by atoms with Gasteiger partial charge in [0.05, 0.1) is 16.2 Å². The van der Waals surface area contributed by atoms with Crippen molar-refractivity contribution in [2.24, 2.45) is 5.10 Å². The van der Waals surface area contributed by atoms with E-state index in [9.17, 15) is 17.6 Å². The predicted octanol–water partition coefficient (Wildman–Crippen LogP) is 4.46. The molecular weight excluding hydrogens is 425 g/mol. The summed E-state index contributed by atoms with van der Waals surface area (Å²) < 4.78 is 37.6. The zero-order valence-electron chi connectivity index (χ0n) is 16.6. The van der Waals surface area contributed by atoms with E-state index in [1.807, 2.05) is 19.2 Å². The van der Waals surface area contributed by atoms with Crippen molar-refractivity contribution in [1.29, 1.82) is 0 Å². The Kier molecular flexibility index (Phi) is 6.33. The van der Waals surface area contributed by atoms with E-state index in [4.69, 9.17) is 0 Å². The monoisotopic (exact) mass is 445 g/mol. The Morgan fingerprint density at radius 3 is 2.43 bits per heavy atom. The second kappa shape index (κ2) is 8.76. The van der Waals surface area contributed by atoms with Gasteiger partial charge in [0.1, 0.15) is 5.82 Å². The highest BCUT2D eigenvalue weighted by Crippen LogP contribution is 2.22. The molecule has 0 aliphatic rings. The summed E-state index contributed by atoms with van der Waals surface area (Å²) in [5.74, 6) is -0.735. The maximum absolute atomic E-state index is 13.0. The fourth-order valence-electron chi connectivity index (χ4n) is 2.62. The topological polar surface area (TPSA) is 87.6 Å². The van der Waals surface area contributed by atoms with Crippen molar-refractivity contribution < 1.29 is 17.6 Å². The van der Waals surface area contributed by atoms with E-state index in [1.54, 1.807) is 31.2 Å². The van der Waals surface area contributed by atoms with Crippen LogP contribution in [-0.2, 0) is 10.0 Å². The quantitative estimate of drug-likeness (QED) is 0.434. The first-order valence-electron chi connectivity index (χ1n) is 8.95. The van der Waals surface area contributed by atoms with Crippen LogP contribution in [-0.4, -0.2) is 20.0 Å². The molecule has 9 heteroatoms. The highest BCUT2D eigenvalue weighted by atomic mass is 32.2. The number of thiophene rings is 1. The second-order valence-electron chi connectivity index (χ2n) is 6.61. The van der Waals surface area contributed by atoms with Crippen molar-refractivity contribution in [3.63, 3.8) is 0 Å². The minimum Gasteiger partial charge on any atom is -0.322 e. The summed E-state index contributed by atoms with van der Waals surface area (Å²) in [5.41, 5.74) is 3.17. The van der Waals surface area contributed by atoms with Gasteiger partial charge >= 0.3 is 0 Å². The summed E-state index contributed by atoms with van der Waals surface area (Å²) in [7, 11) is -3.92. The highest BCUT2D eigenvalue weighted by Gasteiger charge is 2.14. The van der Waals surface area contributed by atoms with Gasteiger partial charge in [-0.15, -0.1) is 11.3 Å². The minimum atomic E-state index is -3.92. The van der Waals surface area contributed by atoms with E-state index >= 15 is 0 Å². The molecule has 0 saturated heterocycles. The van der Waals surface area contributed by atoms with Crippen LogP contribution in [0.3, 0.4) is 0 Å². The molecule has 30 heavy (non-hydrogen) atoms. The van der Waals surface area contributed by atoms with Crippen molar-refractivity contribution in [2.45, 2.75) is 25.7 Å². The molecule has 0 saturated carbocycles. The molecule has 0 aliphatic carbocycles. The number of hydrogen-bond acceptors (Lipinski definition) is 5. The van der Waals surface area contributed by atoms with Gasteiger partial charge in [0, 0.05) is 15.9 Å². The van der Waals surface area contributed by atoms with Gasteiger partial charge in [0.15, 0.2) is 0 Å². The van der Waals surface area contributed by atoms with Gasteiger partial charge in [-0.3, -0.25) is 4.79 Å². The molecule has 0 radical (unpaired) electrons. The number of amides is 1. The van der Waals surface area contributed by atoms with E-state index in [2.05, 4.69) is 15.2 Å². The minimum absolute atomic E-state index is 0.0945. The standard InChI is InChI=1S/C21H20FN3O3S2/c1-13-15(3)29-12-20(13)21(26)23-18-6-4-5-16(11-18)14(2)24-25-30(27,28)19-9-7-17(22)8-10-19/h4-12,25H,1-3H3,(H,23,26). The van der Waals surface area contributed by atoms with E-state index in [-0.39, 0.29) is 10.8 Å². The molecule has 6 nitrogen and oxygen atoms in total. The lowest BCUT2D eigenvalue weighted by Gasteiger charge is -2.08. The summed E-state index contributed by atoms with van der Waals surface area (Å²) in [6, 6.07) is 11.4. The number of hydrogen-bond donors (Lipinski definition) is 2. The Bertz CT molecular complexity index is 1220. The molecule has 1 aromatic heterocycles. The lowest BCUT2D eigenvalue weighted by molar-refractivity contribution is 0.102. The fourth-order valence-corrected chi connectivity index (χ4v) is 4.34. The Labute approximate surface area is 178 Å². The lowest BCUT2D eigenvalue weighted by atomic mass is 10.1. The van der Waals surface area contributed by atoms with E-state index in [0.717, 1.165) is 34.7 Å². The third kappa shape index (κ3) is 4.92. The van der Waals surface area contributed by atoms with Gasteiger partial charge in [-0.2, -0.15) is 18.4 Å². The third-order valence-electron chi connectivity index (χ3n) is 4.53. The molecule has 156 valence electrons. The normalized spacial score (nSPS) is 11.9. The van der Waals surface area contributed by atoms with E-state index in [0.29, 0.717) is 22.5 Å². The molecular formula is C21H20FN3O3S2. The van der Waals surface area contributed by atoms with Crippen molar-refractivity contribution in [1.82, 2.24) is 4.83 Å². The van der Waals surface area contributed by atoms with Crippen molar-refractivity contribution in [2.75, 3.05) is 5.32 Å². The second-order valence-corrected chi connectivity index (χ2v) is 9.36. The average Bonchev–Trinajstić information content (AvgIpc) is 3.05. The first kappa shape index (κ1) is 21.7. The van der Waals surface area contributed by atoms with E-state index in [1.165, 1.54) is 11.3 Å². The molecule has 1 heterocycles.